The van der Waals surface area contributed by atoms with Crippen LogP contribution in [0.1, 0.15) is 5.56 Å². The summed E-state index contributed by atoms with van der Waals surface area (Å²) in [6.45, 7) is 0.0947. The van der Waals surface area contributed by atoms with Crippen molar-refractivity contribution in [2.75, 3.05) is 0 Å². The maximum absolute atomic E-state index is 14.5. The lowest BCUT2D eigenvalue weighted by Gasteiger charge is -2.09. The van der Waals surface area contributed by atoms with Gasteiger partial charge in [0.05, 0.1) is 18.4 Å². The Bertz CT molecular complexity index is 1110. The largest absolute Gasteiger partial charge is 0.293 e. The lowest BCUT2D eigenvalue weighted by Crippen LogP contribution is -2.22. The fourth-order valence-corrected chi connectivity index (χ4v) is 2.67. The van der Waals surface area contributed by atoms with Gasteiger partial charge < -0.3 is 0 Å². The Hall–Kier alpha value is -3.41. The van der Waals surface area contributed by atoms with Crippen molar-refractivity contribution < 1.29 is 4.39 Å². The van der Waals surface area contributed by atoms with E-state index >= 15 is 0 Å². The van der Waals surface area contributed by atoms with E-state index in [0.717, 1.165) is 11.1 Å². The molecular weight excluding hydrogens is 319 g/mol. The fourth-order valence-electron chi connectivity index (χ4n) is 2.67. The molecule has 0 aliphatic rings. The van der Waals surface area contributed by atoms with Crippen molar-refractivity contribution in [1.29, 1.82) is 0 Å². The van der Waals surface area contributed by atoms with E-state index in [9.17, 15) is 9.18 Å². The summed E-state index contributed by atoms with van der Waals surface area (Å²) >= 11 is 0. The Morgan fingerprint density at radius 3 is 2.68 bits per heavy atom. The number of aromatic nitrogens is 4. The van der Waals surface area contributed by atoms with Crippen molar-refractivity contribution in [1.82, 2.24) is 19.5 Å². The van der Waals surface area contributed by atoms with Gasteiger partial charge in [-0.25, -0.2) is 14.4 Å². The van der Waals surface area contributed by atoms with Crippen LogP contribution in [0.15, 0.2) is 72.2 Å². The summed E-state index contributed by atoms with van der Waals surface area (Å²) in [4.78, 5) is 24.8. The molecule has 4 aromatic rings. The van der Waals surface area contributed by atoms with Crippen LogP contribution in [0.2, 0.25) is 0 Å². The van der Waals surface area contributed by atoms with E-state index in [-0.39, 0.29) is 23.4 Å². The van der Waals surface area contributed by atoms with Gasteiger partial charge in [-0.2, -0.15) is 0 Å². The van der Waals surface area contributed by atoms with E-state index in [4.69, 9.17) is 0 Å². The maximum Gasteiger partial charge on any atom is 0.280 e. The normalized spacial score (nSPS) is 10.9. The minimum Gasteiger partial charge on any atom is -0.293 e. The number of benzene rings is 1. The molecule has 0 unspecified atom stereocenters. The van der Waals surface area contributed by atoms with Crippen molar-refractivity contribution in [3.8, 4) is 11.1 Å². The molecule has 0 saturated carbocycles. The number of fused-ring (bicyclic) bond motifs is 1. The SMILES string of the molecule is O=c1c2ncccc2ncn1Cc1ccc(-c2cccnc2)cc1F. The highest BCUT2D eigenvalue weighted by Gasteiger charge is 2.09. The number of hydrogen-bond acceptors (Lipinski definition) is 4. The second-order valence-corrected chi connectivity index (χ2v) is 5.60. The Balaban J connectivity index is 1.70. The van der Waals surface area contributed by atoms with E-state index in [0.29, 0.717) is 11.1 Å². The third kappa shape index (κ3) is 2.89. The molecule has 122 valence electrons. The van der Waals surface area contributed by atoms with Crippen LogP contribution in [-0.4, -0.2) is 19.5 Å². The van der Waals surface area contributed by atoms with Crippen LogP contribution in [-0.2, 0) is 6.54 Å². The Morgan fingerprint density at radius 2 is 1.88 bits per heavy atom. The lowest BCUT2D eigenvalue weighted by atomic mass is 10.1. The van der Waals surface area contributed by atoms with Gasteiger partial charge in [0.2, 0.25) is 0 Å². The van der Waals surface area contributed by atoms with Crippen molar-refractivity contribution in [3.63, 3.8) is 0 Å². The van der Waals surface area contributed by atoms with E-state index in [1.165, 1.54) is 17.0 Å². The lowest BCUT2D eigenvalue weighted by molar-refractivity contribution is 0.595. The number of rotatable bonds is 3. The van der Waals surface area contributed by atoms with Crippen molar-refractivity contribution in [2.24, 2.45) is 0 Å². The number of hydrogen-bond donors (Lipinski definition) is 0. The first-order valence-electron chi connectivity index (χ1n) is 7.71. The molecule has 0 aliphatic carbocycles. The van der Waals surface area contributed by atoms with Crippen LogP contribution in [0.5, 0.6) is 0 Å². The molecule has 0 N–H and O–H groups in total. The van der Waals surface area contributed by atoms with Crippen LogP contribution in [0.25, 0.3) is 22.2 Å². The summed E-state index contributed by atoms with van der Waals surface area (Å²) in [6, 6.07) is 12.0. The smallest absolute Gasteiger partial charge is 0.280 e. The molecular formula is C19H13FN4O. The molecule has 0 bridgehead atoms. The average Bonchev–Trinajstić information content (AvgIpc) is 2.66. The first-order valence-corrected chi connectivity index (χ1v) is 7.71. The Labute approximate surface area is 142 Å². The Morgan fingerprint density at radius 1 is 1.00 bits per heavy atom. The second-order valence-electron chi connectivity index (χ2n) is 5.60. The molecule has 1 aromatic carbocycles. The molecule has 25 heavy (non-hydrogen) atoms. The summed E-state index contributed by atoms with van der Waals surface area (Å²) in [7, 11) is 0. The molecule has 4 rings (SSSR count). The van der Waals surface area contributed by atoms with Gasteiger partial charge in [0, 0.05) is 29.7 Å². The van der Waals surface area contributed by atoms with Crippen LogP contribution in [0.3, 0.4) is 0 Å². The highest BCUT2D eigenvalue weighted by atomic mass is 19.1. The minimum atomic E-state index is -0.380. The first-order chi connectivity index (χ1) is 12.2. The van der Waals surface area contributed by atoms with Crippen molar-refractivity contribution in [3.05, 3.63) is 89.1 Å². The molecule has 3 aromatic heterocycles. The standard InChI is InChI=1S/C19H13FN4O/c20-16-9-13(14-3-1-7-21-10-14)5-6-15(16)11-24-12-23-17-4-2-8-22-18(17)19(24)25/h1-10,12H,11H2. The third-order valence-electron chi connectivity index (χ3n) is 3.97. The van der Waals surface area contributed by atoms with Gasteiger partial charge in [0.15, 0.2) is 5.52 Å². The predicted octanol–water partition coefficient (Wildman–Crippen LogP) is 3.04. The summed E-state index contributed by atoms with van der Waals surface area (Å²) in [5, 5.41) is 0. The highest BCUT2D eigenvalue weighted by Crippen LogP contribution is 2.21. The molecule has 0 radical (unpaired) electrons. The maximum atomic E-state index is 14.5. The van der Waals surface area contributed by atoms with E-state index < -0.39 is 0 Å². The fraction of sp³-hybridized carbons (Fsp3) is 0.0526. The molecule has 6 heteroatoms. The van der Waals surface area contributed by atoms with Gasteiger partial charge in [-0.3, -0.25) is 14.3 Å². The van der Waals surface area contributed by atoms with Crippen LogP contribution in [0, 0.1) is 5.82 Å². The zero-order valence-electron chi connectivity index (χ0n) is 13.1. The zero-order chi connectivity index (χ0) is 17.2. The van der Waals surface area contributed by atoms with Crippen LogP contribution < -0.4 is 5.56 Å². The van der Waals surface area contributed by atoms with Crippen LogP contribution >= 0.6 is 0 Å². The van der Waals surface area contributed by atoms with E-state index in [1.807, 2.05) is 12.1 Å². The van der Waals surface area contributed by atoms with Gasteiger partial charge in [-0.15, -0.1) is 0 Å². The molecule has 0 atom stereocenters. The molecule has 0 amide bonds. The van der Waals surface area contributed by atoms with Gasteiger partial charge >= 0.3 is 0 Å². The molecule has 5 nitrogen and oxygen atoms in total. The molecule has 0 spiro atoms. The number of halogens is 1. The zero-order valence-corrected chi connectivity index (χ0v) is 13.1. The first kappa shape index (κ1) is 15.1. The monoisotopic (exact) mass is 332 g/mol. The third-order valence-corrected chi connectivity index (χ3v) is 3.97. The van der Waals surface area contributed by atoms with Crippen molar-refractivity contribution in [2.45, 2.75) is 6.54 Å². The second kappa shape index (κ2) is 6.24. The number of nitrogens with zero attached hydrogens (tertiary/aromatic N) is 4. The number of pyridine rings is 2. The molecule has 0 aliphatic heterocycles. The topological polar surface area (TPSA) is 60.7 Å². The van der Waals surface area contributed by atoms with Gasteiger partial charge in [0.1, 0.15) is 5.82 Å². The summed E-state index contributed by atoms with van der Waals surface area (Å²) in [6.07, 6.45) is 6.30. The quantitative estimate of drug-likeness (QED) is 0.578. The van der Waals surface area contributed by atoms with Crippen molar-refractivity contribution >= 4 is 11.0 Å². The van der Waals surface area contributed by atoms with E-state index in [2.05, 4.69) is 15.0 Å². The van der Waals surface area contributed by atoms with Gasteiger partial charge in [-0.1, -0.05) is 18.2 Å². The average molecular weight is 332 g/mol. The summed E-state index contributed by atoms with van der Waals surface area (Å²) < 4.78 is 15.9. The van der Waals surface area contributed by atoms with Gasteiger partial charge in [0.25, 0.3) is 5.56 Å². The highest BCUT2D eigenvalue weighted by molar-refractivity contribution is 5.72. The predicted molar refractivity (Wildman–Crippen MR) is 92.5 cm³/mol. The van der Waals surface area contributed by atoms with E-state index in [1.54, 1.807) is 42.9 Å². The molecule has 0 fully saturated rings. The minimum absolute atomic E-state index is 0.0947. The Kier molecular flexibility index (Phi) is 3.78. The molecule has 3 heterocycles. The molecule has 0 saturated heterocycles. The van der Waals surface area contributed by atoms with Crippen LogP contribution in [0.4, 0.5) is 4.39 Å². The summed E-state index contributed by atoms with van der Waals surface area (Å²) in [5.74, 6) is -0.380. The summed E-state index contributed by atoms with van der Waals surface area (Å²) in [5.41, 5.74) is 2.49. The van der Waals surface area contributed by atoms with Gasteiger partial charge in [-0.05, 0) is 29.8 Å².